The van der Waals surface area contributed by atoms with Crippen LogP contribution in [0.5, 0.6) is 0 Å². The maximum absolute atomic E-state index is 12.1. The molecule has 1 aromatic rings. The Hall–Kier alpha value is -2.83. The van der Waals surface area contributed by atoms with Crippen molar-refractivity contribution in [3.8, 4) is 0 Å². The Balaban J connectivity index is 1.52. The minimum atomic E-state index is -1.01. The predicted molar refractivity (Wildman–Crippen MR) is 107 cm³/mol. The van der Waals surface area contributed by atoms with Crippen LogP contribution in [-0.4, -0.2) is 55.1 Å². The summed E-state index contributed by atoms with van der Waals surface area (Å²) in [5, 5.41) is 2.55. The summed E-state index contributed by atoms with van der Waals surface area (Å²) >= 11 is 0. The van der Waals surface area contributed by atoms with E-state index in [-0.39, 0.29) is 0 Å². The number of esters is 1. The van der Waals surface area contributed by atoms with Crippen molar-refractivity contribution in [3.63, 3.8) is 0 Å². The number of nitrogens with zero attached hydrogens (tertiary/aromatic N) is 2. The molecule has 0 radical (unpaired) electrons. The number of anilines is 1. The fourth-order valence-corrected chi connectivity index (χ4v) is 3.45. The third-order valence-corrected chi connectivity index (χ3v) is 5.04. The molecular weight excluding hydrogens is 358 g/mol. The Morgan fingerprint density at radius 1 is 1.07 bits per heavy atom. The Morgan fingerprint density at radius 2 is 1.75 bits per heavy atom. The van der Waals surface area contributed by atoms with E-state index in [2.05, 4.69) is 22.3 Å². The third-order valence-electron chi connectivity index (χ3n) is 5.04. The van der Waals surface area contributed by atoms with Crippen LogP contribution in [0.1, 0.15) is 38.2 Å². The van der Waals surface area contributed by atoms with Gasteiger partial charge in [-0.05, 0) is 43.5 Å². The van der Waals surface area contributed by atoms with Crippen molar-refractivity contribution >= 4 is 29.7 Å². The lowest BCUT2D eigenvalue weighted by Crippen LogP contribution is -2.41. The number of nitrogens with one attached hydrogen (secondary N) is 1. The lowest BCUT2D eigenvalue weighted by molar-refractivity contribution is -0.153. The van der Waals surface area contributed by atoms with E-state index >= 15 is 0 Å². The zero-order valence-electron chi connectivity index (χ0n) is 16.2. The van der Waals surface area contributed by atoms with Crippen molar-refractivity contribution in [2.75, 3.05) is 31.1 Å². The molecule has 0 saturated carbocycles. The summed E-state index contributed by atoms with van der Waals surface area (Å²) in [7, 11) is 0. The maximum Gasteiger partial charge on any atom is 0.331 e. The number of amides is 3. The zero-order valence-corrected chi connectivity index (χ0v) is 16.2. The van der Waals surface area contributed by atoms with Gasteiger partial charge in [0.1, 0.15) is 0 Å². The van der Waals surface area contributed by atoms with E-state index in [1.54, 1.807) is 6.08 Å². The number of hydrogen-bond acceptors (Lipinski definition) is 5. The molecular formula is C21H27N3O4. The normalized spacial score (nSPS) is 18.7. The highest BCUT2D eigenvalue weighted by molar-refractivity contribution is 5.99. The summed E-state index contributed by atoms with van der Waals surface area (Å²) in [5.41, 5.74) is 2.08. The first-order chi connectivity index (χ1) is 13.5. The van der Waals surface area contributed by atoms with Crippen molar-refractivity contribution in [1.82, 2.24) is 10.2 Å². The second-order valence-electron chi connectivity index (χ2n) is 7.13. The molecule has 7 heteroatoms. The second kappa shape index (κ2) is 9.39. The summed E-state index contributed by atoms with van der Waals surface area (Å²) in [6, 6.07) is 7.61. The van der Waals surface area contributed by atoms with Crippen molar-refractivity contribution in [2.45, 2.75) is 38.7 Å². The van der Waals surface area contributed by atoms with E-state index in [4.69, 9.17) is 4.74 Å². The van der Waals surface area contributed by atoms with E-state index in [0.29, 0.717) is 13.1 Å². The molecule has 0 spiro atoms. The monoisotopic (exact) mass is 385 g/mol. The standard InChI is InChI=1S/C21H27N3O4/c1-16(20(26)24-15-12-22-21(24)27)28-19(25)11-8-17-6-9-18(10-7-17)23-13-4-2-3-5-14-23/h6-11,16H,2-5,12-15H2,1H3,(H,22,27)/b11-8+/t16-/m0/s1. The van der Waals surface area contributed by atoms with Gasteiger partial charge in [-0.2, -0.15) is 0 Å². The van der Waals surface area contributed by atoms with Crippen LogP contribution in [0.2, 0.25) is 0 Å². The Labute approximate surface area is 165 Å². The Morgan fingerprint density at radius 3 is 2.36 bits per heavy atom. The van der Waals surface area contributed by atoms with Crippen LogP contribution in [0.25, 0.3) is 6.08 Å². The van der Waals surface area contributed by atoms with Crippen molar-refractivity contribution in [3.05, 3.63) is 35.9 Å². The molecule has 3 amide bonds. The quantitative estimate of drug-likeness (QED) is 0.623. The minimum Gasteiger partial charge on any atom is -0.449 e. The fraction of sp³-hybridized carbons (Fsp3) is 0.476. The van der Waals surface area contributed by atoms with Crippen LogP contribution in [0.4, 0.5) is 10.5 Å². The Bertz CT molecular complexity index is 737. The van der Waals surface area contributed by atoms with Gasteiger partial charge < -0.3 is 15.0 Å². The second-order valence-corrected chi connectivity index (χ2v) is 7.13. The average molecular weight is 385 g/mol. The number of imide groups is 1. The van der Waals surface area contributed by atoms with Crippen LogP contribution in [0, 0.1) is 0 Å². The van der Waals surface area contributed by atoms with Crippen LogP contribution >= 0.6 is 0 Å². The van der Waals surface area contributed by atoms with Gasteiger partial charge in [0.2, 0.25) is 0 Å². The van der Waals surface area contributed by atoms with Gasteiger partial charge in [-0.1, -0.05) is 25.0 Å². The SMILES string of the molecule is C[C@H](OC(=O)/C=C/c1ccc(N2CCCCCC2)cc1)C(=O)N1CCNC1=O. The molecule has 1 aromatic carbocycles. The minimum absolute atomic E-state index is 0.290. The molecule has 0 unspecified atom stereocenters. The van der Waals surface area contributed by atoms with E-state index in [1.807, 2.05) is 12.1 Å². The van der Waals surface area contributed by atoms with Gasteiger partial charge in [0, 0.05) is 37.9 Å². The fourth-order valence-electron chi connectivity index (χ4n) is 3.45. The van der Waals surface area contributed by atoms with Crippen LogP contribution in [0.3, 0.4) is 0 Å². The van der Waals surface area contributed by atoms with Crippen LogP contribution in [0.15, 0.2) is 30.3 Å². The molecule has 2 heterocycles. The molecule has 3 rings (SSSR count). The van der Waals surface area contributed by atoms with Gasteiger partial charge in [-0.15, -0.1) is 0 Å². The van der Waals surface area contributed by atoms with Gasteiger partial charge in [0.05, 0.1) is 0 Å². The lowest BCUT2D eigenvalue weighted by atomic mass is 10.1. The first-order valence-electron chi connectivity index (χ1n) is 9.87. The molecule has 0 aliphatic carbocycles. The highest BCUT2D eigenvalue weighted by Crippen LogP contribution is 2.20. The molecule has 2 aliphatic heterocycles. The highest BCUT2D eigenvalue weighted by Gasteiger charge is 2.31. The molecule has 28 heavy (non-hydrogen) atoms. The van der Waals surface area contributed by atoms with Gasteiger partial charge in [-0.25, -0.2) is 9.59 Å². The summed E-state index contributed by atoms with van der Waals surface area (Å²) < 4.78 is 5.12. The number of rotatable bonds is 5. The van der Waals surface area contributed by atoms with E-state index in [1.165, 1.54) is 44.4 Å². The lowest BCUT2D eigenvalue weighted by Gasteiger charge is -2.22. The van der Waals surface area contributed by atoms with E-state index in [0.717, 1.165) is 23.6 Å². The first-order valence-corrected chi connectivity index (χ1v) is 9.87. The number of carbonyl (C=O) groups excluding carboxylic acids is 3. The topological polar surface area (TPSA) is 79.0 Å². The molecule has 0 bridgehead atoms. The van der Waals surface area contributed by atoms with Crippen molar-refractivity contribution < 1.29 is 19.1 Å². The third kappa shape index (κ3) is 5.12. The molecule has 1 atom stereocenters. The van der Waals surface area contributed by atoms with Crippen molar-refractivity contribution in [2.24, 2.45) is 0 Å². The van der Waals surface area contributed by atoms with Crippen LogP contribution in [-0.2, 0) is 14.3 Å². The maximum atomic E-state index is 12.1. The van der Waals surface area contributed by atoms with E-state index in [9.17, 15) is 14.4 Å². The molecule has 2 fully saturated rings. The summed E-state index contributed by atoms with van der Waals surface area (Å²) in [6.45, 7) is 4.35. The molecule has 7 nitrogen and oxygen atoms in total. The number of benzene rings is 1. The number of carbonyl (C=O) groups is 3. The van der Waals surface area contributed by atoms with Gasteiger partial charge in [-0.3, -0.25) is 9.69 Å². The first kappa shape index (κ1) is 19.9. The van der Waals surface area contributed by atoms with Crippen LogP contribution < -0.4 is 10.2 Å². The van der Waals surface area contributed by atoms with Gasteiger partial charge >= 0.3 is 12.0 Å². The summed E-state index contributed by atoms with van der Waals surface area (Å²) in [6.07, 6.45) is 6.99. The highest BCUT2D eigenvalue weighted by atomic mass is 16.5. The van der Waals surface area contributed by atoms with E-state index < -0.39 is 24.0 Å². The zero-order chi connectivity index (χ0) is 19.9. The number of ether oxygens (including phenoxy) is 1. The molecule has 1 N–H and O–H groups in total. The molecule has 150 valence electrons. The smallest absolute Gasteiger partial charge is 0.331 e. The number of hydrogen-bond donors (Lipinski definition) is 1. The summed E-state index contributed by atoms with van der Waals surface area (Å²) in [5.74, 6) is -1.13. The van der Waals surface area contributed by atoms with Gasteiger partial charge in [0.25, 0.3) is 5.91 Å². The number of urea groups is 1. The van der Waals surface area contributed by atoms with Gasteiger partial charge in [0.15, 0.2) is 6.10 Å². The molecule has 0 aromatic heterocycles. The molecule has 2 aliphatic rings. The summed E-state index contributed by atoms with van der Waals surface area (Å²) in [4.78, 5) is 39.1. The average Bonchev–Trinajstić information content (AvgIpc) is 2.95. The Kier molecular flexibility index (Phi) is 6.68. The largest absolute Gasteiger partial charge is 0.449 e. The predicted octanol–water partition coefficient (Wildman–Crippen LogP) is 2.56. The molecule has 2 saturated heterocycles. The van der Waals surface area contributed by atoms with Crippen molar-refractivity contribution in [1.29, 1.82) is 0 Å².